The van der Waals surface area contributed by atoms with Crippen LogP contribution >= 0.6 is 11.6 Å². The number of anilines is 4. The van der Waals surface area contributed by atoms with Crippen LogP contribution < -0.4 is 21.1 Å². The van der Waals surface area contributed by atoms with Gasteiger partial charge < -0.3 is 29.9 Å². The molecule has 5 heterocycles. The van der Waals surface area contributed by atoms with Crippen molar-refractivity contribution in [2.75, 3.05) is 41.8 Å². The zero-order chi connectivity index (χ0) is 29.0. The fourth-order valence-corrected chi connectivity index (χ4v) is 5.39. The molecule has 4 aromatic rings. The SMILES string of the molecule is CC(Nc1cc(=O)n(C)c2ccc(Nc3nc(N4CC5(CCOCC5)C4)ncc3Cl)cc12)c1ncccn1.O=CO. The van der Waals surface area contributed by atoms with Crippen LogP contribution in [0.4, 0.5) is 23.1 Å². The summed E-state index contributed by atoms with van der Waals surface area (Å²) in [6.45, 7) is 5.22. The third-order valence-electron chi connectivity index (χ3n) is 7.47. The molecule has 1 aromatic carbocycles. The summed E-state index contributed by atoms with van der Waals surface area (Å²) in [5.41, 5.74) is 2.49. The average Bonchev–Trinajstić information content (AvgIpc) is 2.97. The zero-order valence-electron chi connectivity index (χ0n) is 22.7. The van der Waals surface area contributed by atoms with E-state index in [4.69, 9.17) is 31.2 Å². The molecule has 3 N–H and O–H groups in total. The van der Waals surface area contributed by atoms with Gasteiger partial charge in [0.15, 0.2) is 5.82 Å². The number of carbonyl (C=O) groups is 1. The van der Waals surface area contributed by atoms with Gasteiger partial charge in [-0.15, -0.1) is 0 Å². The molecule has 12 nitrogen and oxygen atoms in total. The van der Waals surface area contributed by atoms with Crippen LogP contribution in [0, 0.1) is 5.41 Å². The van der Waals surface area contributed by atoms with Crippen molar-refractivity contribution in [3.8, 4) is 0 Å². The monoisotopic (exact) mass is 578 g/mol. The van der Waals surface area contributed by atoms with Gasteiger partial charge in [-0.1, -0.05) is 11.6 Å². The highest BCUT2D eigenvalue weighted by Crippen LogP contribution is 2.41. The van der Waals surface area contributed by atoms with Crippen LogP contribution in [0.1, 0.15) is 31.6 Å². The fraction of sp³-hybridized carbons (Fsp3) is 0.357. The molecule has 2 aliphatic heterocycles. The smallest absolute Gasteiger partial charge is 0.290 e. The van der Waals surface area contributed by atoms with E-state index in [1.807, 2.05) is 25.1 Å². The second-order valence-electron chi connectivity index (χ2n) is 10.2. The first-order chi connectivity index (χ1) is 19.8. The van der Waals surface area contributed by atoms with E-state index in [1.54, 1.807) is 42.3 Å². The lowest BCUT2D eigenvalue weighted by Crippen LogP contribution is -2.59. The molecule has 0 amide bonds. The number of aryl methyl sites for hydroxylation is 1. The Labute approximate surface area is 241 Å². The number of benzene rings is 1. The highest BCUT2D eigenvalue weighted by atomic mass is 35.5. The summed E-state index contributed by atoms with van der Waals surface area (Å²) in [6.07, 6.45) is 7.20. The number of ether oxygens (including phenoxy) is 1. The average molecular weight is 579 g/mol. The van der Waals surface area contributed by atoms with E-state index in [0.29, 0.717) is 33.7 Å². The predicted octanol–water partition coefficient (Wildman–Crippen LogP) is 4.01. The highest BCUT2D eigenvalue weighted by molar-refractivity contribution is 6.32. The molecule has 2 aliphatic rings. The molecule has 1 unspecified atom stereocenters. The van der Waals surface area contributed by atoms with Crippen molar-refractivity contribution in [1.82, 2.24) is 24.5 Å². The second kappa shape index (κ2) is 12.1. The lowest BCUT2D eigenvalue weighted by atomic mass is 9.73. The molecule has 0 saturated carbocycles. The van der Waals surface area contributed by atoms with Crippen LogP contribution in [0.2, 0.25) is 5.02 Å². The van der Waals surface area contributed by atoms with E-state index in [9.17, 15) is 4.79 Å². The van der Waals surface area contributed by atoms with Crippen LogP contribution in [0.15, 0.2) is 53.7 Å². The van der Waals surface area contributed by atoms with E-state index in [1.165, 1.54) is 0 Å². The first-order valence-corrected chi connectivity index (χ1v) is 13.6. The highest BCUT2D eigenvalue weighted by Gasteiger charge is 2.45. The Kier molecular flexibility index (Phi) is 8.31. The van der Waals surface area contributed by atoms with Crippen molar-refractivity contribution in [3.63, 3.8) is 0 Å². The molecule has 0 radical (unpaired) electrons. The number of fused-ring (bicyclic) bond motifs is 1. The summed E-state index contributed by atoms with van der Waals surface area (Å²) < 4.78 is 7.16. The molecule has 2 saturated heterocycles. The first kappa shape index (κ1) is 28.2. The molecule has 3 aromatic heterocycles. The molecule has 214 valence electrons. The Morgan fingerprint density at radius 1 is 1.15 bits per heavy atom. The van der Waals surface area contributed by atoms with Crippen molar-refractivity contribution in [1.29, 1.82) is 0 Å². The van der Waals surface area contributed by atoms with Gasteiger partial charge in [-0.05, 0) is 44.0 Å². The van der Waals surface area contributed by atoms with E-state index in [2.05, 4.69) is 30.5 Å². The Morgan fingerprint density at radius 2 is 1.85 bits per heavy atom. The first-order valence-electron chi connectivity index (χ1n) is 13.2. The summed E-state index contributed by atoms with van der Waals surface area (Å²) in [5, 5.41) is 15.0. The van der Waals surface area contributed by atoms with Crippen molar-refractivity contribution >= 4 is 52.1 Å². The quantitative estimate of drug-likeness (QED) is 0.285. The number of nitrogens with one attached hydrogen (secondary N) is 2. The molecule has 13 heteroatoms. The minimum atomic E-state index is -0.250. The van der Waals surface area contributed by atoms with Gasteiger partial charge in [-0.3, -0.25) is 9.59 Å². The van der Waals surface area contributed by atoms with Crippen molar-refractivity contribution in [2.24, 2.45) is 12.5 Å². The molecule has 2 fully saturated rings. The van der Waals surface area contributed by atoms with Crippen molar-refractivity contribution in [2.45, 2.75) is 25.8 Å². The third-order valence-corrected chi connectivity index (χ3v) is 7.75. The van der Waals surface area contributed by atoms with Crippen molar-refractivity contribution in [3.05, 3.63) is 70.1 Å². The largest absolute Gasteiger partial charge is 0.483 e. The topological polar surface area (TPSA) is 147 Å². The zero-order valence-corrected chi connectivity index (χ0v) is 23.5. The summed E-state index contributed by atoms with van der Waals surface area (Å²) >= 11 is 6.49. The van der Waals surface area contributed by atoms with E-state index in [-0.39, 0.29) is 18.1 Å². The summed E-state index contributed by atoms with van der Waals surface area (Å²) in [5.74, 6) is 1.84. The maximum Gasteiger partial charge on any atom is 0.290 e. The summed E-state index contributed by atoms with van der Waals surface area (Å²) in [7, 11) is 1.76. The maximum absolute atomic E-state index is 12.7. The lowest BCUT2D eigenvalue weighted by molar-refractivity contribution is -0.122. The summed E-state index contributed by atoms with van der Waals surface area (Å²) in [6, 6.07) is 8.97. The molecule has 6 rings (SSSR count). The molecule has 41 heavy (non-hydrogen) atoms. The molecule has 1 spiro atoms. The second-order valence-corrected chi connectivity index (χ2v) is 10.6. The standard InChI is InChI=1S/C27H29ClN8O2.CH2O2/c1-17(24-29-8-3-9-30-24)32-21-13-23(37)35(2)22-5-4-18(12-19(21)22)33-25-20(28)14-31-26(34-25)36-15-27(16-36)6-10-38-11-7-27;2-1-3/h3-5,8-9,12-14,17,32H,6-7,10-11,15-16H2,1-2H3,(H,31,33,34);1H,(H,2,3). The molecule has 0 bridgehead atoms. The van der Waals surface area contributed by atoms with Gasteiger partial charge in [0.05, 0.1) is 17.8 Å². The normalized spacial score (nSPS) is 16.3. The molecular formula is C28H31ClN8O4. The van der Waals surface area contributed by atoms with Gasteiger partial charge in [-0.25, -0.2) is 15.0 Å². The third kappa shape index (κ3) is 6.08. The van der Waals surface area contributed by atoms with E-state index < -0.39 is 0 Å². The maximum atomic E-state index is 12.7. The van der Waals surface area contributed by atoms with Crippen LogP contribution in [0.25, 0.3) is 10.9 Å². The van der Waals surface area contributed by atoms with Gasteiger partial charge in [0.2, 0.25) is 5.95 Å². The fourth-order valence-electron chi connectivity index (χ4n) is 5.25. The van der Waals surface area contributed by atoms with Gasteiger partial charge in [0, 0.05) is 74.0 Å². The molecular weight excluding hydrogens is 548 g/mol. The number of rotatable bonds is 6. The Balaban J connectivity index is 0.00000108. The Bertz CT molecular complexity index is 1590. The van der Waals surface area contributed by atoms with Crippen molar-refractivity contribution < 1.29 is 14.6 Å². The number of carboxylic acid groups (broad SMARTS) is 1. The van der Waals surface area contributed by atoms with Crippen LogP contribution in [-0.4, -0.2) is 62.4 Å². The predicted molar refractivity (Wildman–Crippen MR) is 157 cm³/mol. The molecule has 0 aliphatic carbocycles. The lowest BCUT2D eigenvalue weighted by Gasteiger charge is -2.52. The minimum Gasteiger partial charge on any atom is -0.483 e. The number of hydrogen-bond acceptors (Lipinski definition) is 10. The summed E-state index contributed by atoms with van der Waals surface area (Å²) in [4.78, 5) is 41.1. The number of aromatic nitrogens is 5. The van der Waals surface area contributed by atoms with Crippen LogP contribution in [0.3, 0.4) is 0 Å². The molecule has 1 atom stereocenters. The van der Waals surface area contributed by atoms with E-state index in [0.717, 1.165) is 55.7 Å². The Morgan fingerprint density at radius 3 is 2.56 bits per heavy atom. The number of hydrogen-bond donors (Lipinski definition) is 3. The van der Waals surface area contributed by atoms with Gasteiger partial charge in [0.1, 0.15) is 10.8 Å². The number of pyridine rings is 1. The van der Waals surface area contributed by atoms with Gasteiger partial charge in [0.25, 0.3) is 12.0 Å². The van der Waals surface area contributed by atoms with Crippen LogP contribution in [-0.2, 0) is 16.6 Å². The van der Waals surface area contributed by atoms with Crippen LogP contribution in [0.5, 0.6) is 0 Å². The van der Waals surface area contributed by atoms with Gasteiger partial charge in [-0.2, -0.15) is 4.98 Å². The number of nitrogens with zero attached hydrogens (tertiary/aromatic N) is 6. The number of halogens is 1. The van der Waals surface area contributed by atoms with Gasteiger partial charge >= 0.3 is 0 Å². The minimum absolute atomic E-state index is 0.109. The van der Waals surface area contributed by atoms with E-state index >= 15 is 0 Å². The Hall–Kier alpha value is -4.29.